The van der Waals surface area contributed by atoms with E-state index in [4.69, 9.17) is 0 Å². The fourth-order valence-corrected chi connectivity index (χ4v) is 2.91. The van der Waals surface area contributed by atoms with Gasteiger partial charge in [0.05, 0.1) is 5.60 Å². The molecule has 0 aromatic heterocycles. The van der Waals surface area contributed by atoms with Gasteiger partial charge in [0, 0.05) is 0 Å². The van der Waals surface area contributed by atoms with Crippen molar-refractivity contribution >= 4 is 0 Å². The van der Waals surface area contributed by atoms with E-state index in [1.54, 1.807) is 0 Å². The molecule has 2 nitrogen and oxygen atoms in total. The Balaban J connectivity index is 2.03. The molecular formula is C11H19O2. The van der Waals surface area contributed by atoms with Gasteiger partial charge in [-0.15, -0.1) is 0 Å². The minimum absolute atomic E-state index is 0.337. The topological polar surface area (TPSA) is 40.5 Å². The molecule has 75 valence electrons. The van der Waals surface area contributed by atoms with Crippen LogP contribution in [0.3, 0.4) is 0 Å². The fraction of sp³-hybridized carbons (Fsp3) is 0.909. The van der Waals surface area contributed by atoms with Crippen LogP contribution in [-0.2, 0) is 0 Å². The number of aliphatic hydroxyl groups is 2. The second-order valence-electron chi connectivity index (χ2n) is 4.56. The van der Waals surface area contributed by atoms with Gasteiger partial charge in [0.15, 0.2) is 0 Å². The Bertz CT molecular complexity index is 175. The number of hydrogen-bond donors (Lipinski definition) is 2. The quantitative estimate of drug-likeness (QED) is 0.655. The molecule has 0 aromatic carbocycles. The summed E-state index contributed by atoms with van der Waals surface area (Å²) in [4.78, 5) is 0. The van der Waals surface area contributed by atoms with Crippen molar-refractivity contribution < 1.29 is 10.2 Å². The SMILES string of the molecule is O[C]1CCCC1(O)C1CCCCC1. The smallest absolute Gasteiger partial charge is 0.125 e. The summed E-state index contributed by atoms with van der Waals surface area (Å²) in [6.07, 6.45) is 8.75. The molecular weight excluding hydrogens is 164 g/mol. The third kappa shape index (κ3) is 1.62. The third-order valence-electron chi connectivity index (χ3n) is 3.75. The molecule has 0 bridgehead atoms. The van der Waals surface area contributed by atoms with Crippen molar-refractivity contribution in [3.63, 3.8) is 0 Å². The molecule has 2 N–H and O–H groups in total. The van der Waals surface area contributed by atoms with Crippen molar-refractivity contribution in [1.29, 1.82) is 0 Å². The van der Waals surface area contributed by atoms with Gasteiger partial charge in [0.25, 0.3) is 0 Å². The van der Waals surface area contributed by atoms with Gasteiger partial charge in [-0.3, -0.25) is 0 Å². The summed E-state index contributed by atoms with van der Waals surface area (Å²) in [6.45, 7) is 0. The molecule has 2 saturated carbocycles. The number of hydrogen-bond acceptors (Lipinski definition) is 2. The first-order valence-electron chi connectivity index (χ1n) is 5.51. The van der Waals surface area contributed by atoms with Crippen LogP contribution in [0, 0.1) is 12.0 Å². The van der Waals surface area contributed by atoms with E-state index >= 15 is 0 Å². The summed E-state index contributed by atoms with van der Waals surface area (Å²) in [5.74, 6) is 0.337. The summed E-state index contributed by atoms with van der Waals surface area (Å²) in [6, 6.07) is 0. The molecule has 0 heterocycles. The van der Waals surface area contributed by atoms with E-state index in [0.717, 1.165) is 25.7 Å². The van der Waals surface area contributed by atoms with Crippen LogP contribution in [0.25, 0.3) is 0 Å². The van der Waals surface area contributed by atoms with E-state index in [-0.39, 0.29) is 0 Å². The van der Waals surface area contributed by atoms with Gasteiger partial charge in [0.2, 0.25) is 0 Å². The van der Waals surface area contributed by atoms with Crippen LogP contribution >= 0.6 is 0 Å². The first-order valence-corrected chi connectivity index (χ1v) is 5.51. The van der Waals surface area contributed by atoms with Gasteiger partial charge in [-0.2, -0.15) is 0 Å². The van der Waals surface area contributed by atoms with Crippen molar-refractivity contribution in [2.24, 2.45) is 5.92 Å². The first kappa shape index (κ1) is 9.47. The maximum absolute atomic E-state index is 10.3. The first-order chi connectivity index (χ1) is 6.23. The summed E-state index contributed by atoms with van der Waals surface area (Å²) in [5, 5.41) is 20.0. The molecule has 1 atom stereocenters. The lowest BCUT2D eigenvalue weighted by Gasteiger charge is -2.37. The lowest BCUT2D eigenvalue weighted by Crippen LogP contribution is -2.41. The predicted octanol–water partition coefficient (Wildman–Crippen LogP) is 2.39. The van der Waals surface area contributed by atoms with Crippen LogP contribution < -0.4 is 0 Å². The average Bonchev–Trinajstić information content (AvgIpc) is 2.50. The highest BCUT2D eigenvalue weighted by Gasteiger charge is 2.47. The van der Waals surface area contributed by atoms with Crippen molar-refractivity contribution in [3.05, 3.63) is 6.10 Å². The van der Waals surface area contributed by atoms with Gasteiger partial charge in [-0.25, -0.2) is 0 Å². The van der Waals surface area contributed by atoms with Crippen LogP contribution in [0.2, 0.25) is 0 Å². The summed E-state index contributed by atoms with van der Waals surface area (Å²) < 4.78 is 0. The number of rotatable bonds is 1. The Morgan fingerprint density at radius 3 is 2.31 bits per heavy atom. The molecule has 0 amide bonds. The molecule has 1 radical (unpaired) electrons. The largest absolute Gasteiger partial charge is 0.386 e. The zero-order valence-corrected chi connectivity index (χ0v) is 8.13. The molecule has 0 saturated heterocycles. The number of aliphatic hydroxyl groups excluding tert-OH is 1. The average molecular weight is 183 g/mol. The molecule has 2 fully saturated rings. The maximum Gasteiger partial charge on any atom is 0.125 e. The Morgan fingerprint density at radius 1 is 1.08 bits per heavy atom. The van der Waals surface area contributed by atoms with E-state index in [2.05, 4.69) is 0 Å². The van der Waals surface area contributed by atoms with Gasteiger partial charge in [0.1, 0.15) is 6.10 Å². The van der Waals surface area contributed by atoms with Crippen molar-refractivity contribution in [2.45, 2.75) is 57.0 Å². The molecule has 2 aliphatic carbocycles. The lowest BCUT2D eigenvalue weighted by molar-refractivity contribution is -0.0536. The summed E-state index contributed by atoms with van der Waals surface area (Å²) >= 11 is 0. The highest BCUT2D eigenvalue weighted by atomic mass is 16.3. The Hall–Kier alpha value is -0.0800. The van der Waals surface area contributed by atoms with E-state index in [9.17, 15) is 10.2 Å². The molecule has 2 rings (SSSR count). The van der Waals surface area contributed by atoms with Gasteiger partial charge >= 0.3 is 0 Å². The van der Waals surface area contributed by atoms with Gasteiger partial charge < -0.3 is 10.2 Å². The molecule has 2 heteroatoms. The minimum Gasteiger partial charge on any atom is -0.386 e. The molecule has 2 aliphatic rings. The van der Waals surface area contributed by atoms with Crippen LogP contribution in [0.15, 0.2) is 0 Å². The van der Waals surface area contributed by atoms with Crippen LogP contribution in [0.5, 0.6) is 0 Å². The van der Waals surface area contributed by atoms with Crippen LogP contribution in [0.1, 0.15) is 51.4 Å². The molecule has 1 unspecified atom stereocenters. The fourth-order valence-electron chi connectivity index (χ4n) is 2.91. The molecule has 0 aromatic rings. The van der Waals surface area contributed by atoms with E-state index < -0.39 is 5.60 Å². The zero-order chi connectivity index (χ0) is 9.31. The zero-order valence-electron chi connectivity index (χ0n) is 8.13. The Labute approximate surface area is 80.0 Å². The van der Waals surface area contributed by atoms with Gasteiger partial charge in [-0.1, -0.05) is 19.3 Å². The van der Waals surface area contributed by atoms with Crippen LogP contribution in [-0.4, -0.2) is 15.8 Å². The molecule has 0 spiro atoms. The highest BCUT2D eigenvalue weighted by Crippen LogP contribution is 2.46. The minimum atomic E-state index is -0.805. The molecule has 0 aliphatic heterocycles. The van der Waals surface area contributed by atoms with Crippen molar-refractivity contribution in [1.82, 2.24) is 0 Å². The Morgan fingerprint density at radius 2 is 1.77 bits per heavy atom. The van der Waals surface area contributed by atoms with Crippen molar-refractivity contribution in [3.8, 4) is 0 Å². The third-order valence-corrected chi connectivity index (χ3v) is 3.75. The second-order valence-corrected chi connectivity index (χ2v) is 4.56. The van der Waals surface area contributed by atoms with E-state index in [1.165, 1.54) is 19.3 Å². The van der Waals surface area contributed by atoms with E-state index in [1.807, 2.05) is 0 Å². The van der Waals surface area contributed by atoms with E-state index in [0.29, 0.717) is 18.4 Å². The lowest BCUT2D eigenvalue weighted by atomic mass is 9.75. The Kier molecular flexibility index (Phi) is 2.61. The normalized spacial score (nSPS) is 38.3. The second kappa shape index (κ2) is 3.58. The monoisotopic (exact) mass is 183 g/mol. The standard InChI is InChI=1S/C11H19O2/c12-10-7-4-8-11(10,13)9-5-2-1-3-6-9/h9,12-13H,1-8H2. The van der Waals surface area contributed by atoms with Crippen LogP contribution in [0.4, 0.5) is 0 Å². The van der Waals surface area contributed by atoms with Crippen molar-refractivity contribution in [2.75, 3.05) is 0 Å². The highest BCUT2D eigenvalue weighted by molar-refractivity contribution is 5.09. The molecule has 13 heavy (non-hydrogen) atoms. The maximum atomic E-state index is 10.3. The summed E-state index contributed by atoms with van der Waals surface area (Å²) in [7, 11) is 0. The summed E-state index contributed by atoms with van der Waals surface area (Å²) in [5.41, 5.74) is -0.805. The predicted molar refractivity (Wildman–Crippen MR) is 50.6 cm³/mol. The van der Waals surface area contributed by atoms with Gasteiger partial charge in [-0.05, 0) is 38.0 Å².